The van der Waals surface area contributed by atoms with Crippen LogP contribution < -0.4 is 22.1 Å². The van der Waals surface area contributed by atoms with Crippen molar-refractivity contribution < 1.29 is 23.9 Å². The van der Waals surface area contributed by atoms with Crippen molar-refractivity contribution in [1.29, 1.82) is 0 Å². The Labute approximate surface area is 184 Å². The lowest BCUT2D eigenvalue weighted by Gasteiger charge is -2.30. The molecule has 0 aromatic rings. The van der Waals surface area contributed by atoms with Crippen LogP contribution in [0, 0.1) is 5.92 Å². The van der Waals surface area contributed by atoms with E-state index in [1.165, 1.54) is 4.90 Å². The molecule has 0 aliphatic carbocycles. The molecule has 10 heteroatoms. The van der Waals surface area contributed by atoms with E-state index in [1.807, 2.05) is 0 Å². The van der Waals surface area contributed by atoms with Crippen LogP contribution in [0.15, 0.2) is 0 Å². The summed E-state index contributed by atoms with van der Waals surface area (Å²) in [6, 6.07) is -2.36. The van der Waals surface area contributed by atoms with E-state index in [9.17, 15) is 19.2 Å². The van der Waals surface area contributed by atoms with Gasteiger partial charge in [0.2, 0.25) is 17.7 Å². The first kappa shape index (κ1) is 26.7. The number of carbonyl (C=O) groups is 4. The van der Waals surface area contributed by atoms with Crippen LogP contribution in [0.4, 0.5) is 4.79 Å². The molecule has 0 radical (unpaired) electrons. The highest BCUT2D eigenvalue weighted by Crippen LogP contribution is 2.21. The van der Waals surface area contributed by atoms with Crippen molar-refractivity contribution in [3.8, 4) is 0 Å². The molecule has 10 nitrogen and oxygen atoms in total. The zero-order valence-corrected chi connectivity index (χ0v) is 19.4. The third-order valence-electron chi connectivity index (χ3n) is 5.05. The maximum atomic E-state index is 13.3. The minimum atomic E-state index is -0.827. The normalized spacial score (nSPS) is 18.4. The summed E-state index contributed by atoms with van der Waals surface area (Å²) in [4.78, 5) is 51.5. The molecule has 1 fully saturated rings. The van der Waals surface area contributed by atoms with Gasteiger partial charge in [-0.25, -0.2) is 4.79 Å². The van der Waals surface area contributed by atoms with Gasteiger partial charge in [-0.05, 0) is 65.3 Å². The van der Waals surface area contributed by atoms with Crippen molar-refractivity contribution in [2.24, 2.45) is 17.4 Å². The van der Waals surface area contributed by atoms with Crippen LogP contribution in [-0.2, 0) is 19.1 Å². The van der Waals surface area contributed by atoms with Gasteiger partial charge in [0.1, 0.15) is 23.7 Å². The van der Waals surface area contributed by atoms with E-state index in [1.54, 1.807) is 34.6 Å². The van der Waals surface area contributed by atoms with Crippen LogP contribution in [0.25, 0.3) is 0 Å². The maximum absolute atomic E-state index is 13.3. The summed E-state index contributed by atoms with van der Waals surface area (Å²) < 4.78 is 5.29. The topological polar surface area (TPSA) is 157 Å². The summed E-state index contributed by atoms with van der Waals surface area (Å²) in [7, 11) is 0. The molecule has 1 aliphatic rings. The lowest BCUT2D eigenvalue weighted by molar-refractivity contribution is -0.141. The number of hydrogen-bond donors (Lipinski definition) is 4. The van der Waals surface area contributed by atoms with Crippen molar-refractivity contribution in [3.05, 3.63) is 0 Å². The van der Waals surface area contributed by atoms with E-state index in [0.717, 1.165) is 0 Å². The number of primary amides is 1. The summed E-state index contributed by atoms with van der Waals surface area (Å²) in [6.45, 7) is 9.65. The summed E-state index contributed by atoms with van der Waals surface area (Å²) in [5, 5.41) is 5.32. The van der Waals surface area contributed by atoms with Gasteiger partial charge in [-0.3, -0.25) is 14.4 Å². The van der Waals surface area contributed by atoms with Crippen molar-refractivity contribution in [3.63, 3.8) is 0 Å². The number of rotatable bonds is 10. The molecular formula is C21H39N5O5. The molecule has 1 saturated heterocycles. The number of carbonyl (C=O) groups excluding carboxylic acids is 4. The lowest BCUT2D eigenvalue weighted by atomic mass is 10.0. The summed E-state index contributed by atoms with van der Waals surface area (Å²) in [5.74, 6) is -1.56. The standard InChI is InChI=1S/C21H39N5O5/c1-13(2)16(17(23)27)25-18(28)15-10-8-12-26(15)19(29)14(9-6-7-11-22)24-20(30)31-21(3,4)5/h13-16H,6-12,22H2,1-5H3,(H2,23,27)(H,24,30)(H,25,28)/t14-,15-,16-/m0/s1. The number of nitrogens with one attached hydrogen (secondary N) is 2. The van der Waals surface area contributed by atoms with E-state index in [-0.39, 0.29) is 11.8 Å². The third-order valence-corrected chi connectivity index (χ3v) is 5.05. The molecule has 6 N–H and O–H groups in total. The molecule has 0 bridgehead atoms. The van der Waals surface area contributed by atoms with Gasteiger partial charge in [-0.1, -0.05) is 13.8 Å². The molecule has 4 amide bonds. The number of amides is 4. The van der Waals surface area contributed by atoms with Gasteiger partial charge in [0.15, 0.2) is 0 Å². The zero-order chi connectivity index (χ0) is 23.8. The molecule has 0 aromatic carbocycles. The predicted molar refractivity (Wildman–Crippen MR) is 117 cm³/mol. The smallest absolute Gasteiger partial charge is 0.408 e. The molecule has 31 heavy (non-hydrogen) atoms. The average molecular weight is 442 g/mol. The van der Waals surface area contributed by atoms with Crippen LogP contribution in [0.3, 0.4) is 0 Å². The molecule has 178 valence electrons. The highest BCUT2D eigenvalue weighted by molar-refractivity contribution is 5.94. The Balaban J connectivity index is 2.93. The largest absolute Gasteiger partial charge is 0.444 e. The highest BCUT2D eigenvalue weighted by atomic mass is 16.6. The first-order valence-corrected chi connectivity index (χ1v) is 11.0. The molecule has 3 atom stereocenters. The van der Waals surface area contributed by atoms with Gasteiger partial charge in [0.05, 0.1) is 0 Å². The fourth-order valence-corrected chi connectivity index (χ4v) is 3.52. The second-order valence-electron chi connectivity index (χ2n) is 9.31. The van der Waals surface area contributed by atoms with E-state index < -0.39 is 41.6 Å². The number of likely N-dealkylation sites (tertiary alicyclic amines) is 1. The lowest BCUT2D eigenvalue weighted by Crippen LogP contribution is -2.57. The van der Waals surface area contributed by atoms with E-state index >= 15 is 0 Å². The van der Waals surface area contributed by atoms with Crippen LogP contribution in [0.1, 0.15) is 66.7 Å². The van der Waals surface area contributed by atoms with Crippen molar-refractivity contribution in [2.75, 3.05) is 13.1 Å². The molecule has 1 rings (SSSR count). The van der Waals surface area contributed by atoms with E-state index in [4.69, 9.17) is 16.2 Å². The highest BCUT2D eigenvalue weighted by Gasteiger charge is 2.39. The summed E-state index contributed by atoms with van der Waals surface area (Å²) in [5.41, 5.74) is 10.2. The van der Waals surface area contributed by atoms with Crippen LogP contribution in [0.5, 0.6) is 0 Å². The van der Waals surface area contributed by atoms with Crippen molar-refractivity contribution >= 4 is 23.8 Å². The summed E-state index contributed by atoms with van der Waals surface area (Å²) >= 11 is 0. The Morgan fingerprint density at radius 1 is 1.13 bits per heavy atom. The number of unbranched alkanes of at least 4 members (excludes halogenated alkanes) is 1. The molecular weight excluding hydrogens is 402 g/mol. The van der Waals surface area contributed by atoms with E-state index in [0.29, 0.717) is 45.2 Å². The molecule has 0 saturated carbocycles. The zero-order valence-electron chi connectivity index (χ0n) is 19.4. The Morgan fingerprint density at radius 3 is 2.29 bits per heavy atom. The van der Waals surface area contributed by atoms with Crippen molar-refractivity contribution in [2.45, 2.75) is 90.4 Å². The number of ether oxygens (including phenoxy) is 1. The number of alkyl carbamates (subject to hydrolysis) is 1. The summed E-state index contributed by atoms with van der Waals surface area (Å²) in [6.07, 6.45) is 2.17. The molecule has 0 spiro atoms. The first-order chi connectivity index (χ1) is 14.4. The Hall–Kier alpha value is -2.36. The molecule has 0 aromatic heterocycles. The fourth-order valence-electron chi connectivity index (χ4n) is 3.52. The predicted octanol–water partition coefficient (Wildman–Crippen LogP) is 0.626. The van der Waals surface area contributed by atoms with E-state index in [2.05, 4.69) is 10.6 Å². The SMILES string of the molecule is CC(C)[C@H](NC(=O)[C@@H]1CCCN1C(=O)[C@H](CCCCN)NC(=O)OC(C)(C)C)C(N)=O. The van der Waals surface area contributed by atoms with Gasteiger partial charge in [-0.2, -0.15) is 0 Å². The van der Waals surface area contributed by atoms with Gasteiger partial charge < -0.3 is 31.7 Å². The number of nitrogens with two attached hydrogens (primary N) is 2. The molecule has 1 heterocycles. The monoisotopic (exact) mass is 441 g/mol. The Bertz CT molecular complexity index is 647. The van der Waals surface area contributed by atoms with Crippen LogP contribution in [-0.4, -0.2) is 65.5 Å². The minimum absolute atomic E-state index is 0.176. The number of nitrogens with zero attached hydrogens (tertiary/aromatic N) is 1. The average Bonchev–Trinajstić information content (AvgIpc) is 3.12. The van der Waals surface area contributed by atoms with Crippen molar-refractivity contribution in [1.82, 2.24) is 15.5 Å². The van der Waals surface area contributed by atoms with Gasteiger partial charge in [0.25, 0.3) is 0 Å². The molecule has 1 aliphatic heterocycles. The molecule has 0 unspecified atom stereocenters. The second-order valence-corrected chi connectivity index (χ2v) is 9.31. The van der Waals surface area contributed by atoms with Crippen LogP contribution >= 0.6 is 0 Å². The third kappa shape index (κ3) is 8.72. The minimum Gasteiger partial charge on any atom is -0.444 e. The second kappa shape index (κ2) is 11.9. The maximum Gasteiger partial charge on any atom is 0.408 e. The first-order valence-electron chi connectivity index (χ1n) is 11.0. The fraction of sp³-hybridized carbons (Fsp3) is 0.810. The van der Waals surface area contributed by atoms with Crippen LogP contribution in [0.2, 0.25) is 0 Å². The van der Waals surface area contributed by atoms with Gasteiger partial charge in [0, 0.05) is 6.54 Å². The Kier molecular flexibility index (Phi) is 10.2. The quantitative estimate of drug-likeness (QED) is 0.364. The van der Waals surface area contributed by atoms with Gasteiger partial charge >= 0.3 is 6.09 Å². The van der Waals surface area contributed by atoms with Gasteiger partial charge in [-0.15, -0.1) is 0 Å². The number of hydrogen-bond acceptors (Lipinski definition) is 6. The Morgan fingerprint density at radius 2 is 1.77 bits per heavy atom.